The molecule has 8 heteroatoms. The number of anilines is 3. The lowest BCUT2D eigenvalue weighted by atomic mass is 10.2. The molecule has 0 spiro atoms. The van der Waals surface area contributed by atoms with E-state index in [1.165, 1.54) is 23.5 Å². The highest BCUT2D eigenvalue weighted by molar-refractivity contribution is 7.22. The number of fused-ring (bicyclic) bond motifs is 1. The van der Waals surface area contributed by atoms with Gasteiger partial charge in [0.2, 0.25) is 0 Å². The van der Waals surface area contributed by atoms with Crippen molar-refractivity contribution in [3.8, 4) is 0 Å². The van der Waals surface area contributed by atoms with Crippen LogP contribution in [-0.4, -0.2) is 15.9 Å². The fourth-order valence-corrected chi connectivity index (χ4v) is 3.49. The molecular formula is C19H12ClFN4OS. The van der Waals surface area contributed by atoms with E-state index < -0.39 is 0 Å². The third-order valence-corrected chi connectivity index (χ3v) is 4.92. The molecule has 5 nitrogen and oxygen atoms in total. The Hall–Kier alpha value is -3.03. The molecule has 0 atom stereocenters. The minimum atomic E-state index is -0.362. The number of carbonyl (C=O) groups excluding carboxylic acids is 1. The number of amides is 1. The molecule has 0 unspecified atom stereocenters. The van der Waals surface area contributed by atoms with Gasteiger partial charge in [-0.2, -0.15) is 0 Å². The van der Waals surface area contributed by atoms with Crippen molar-refractivity contribution in [2.75, 3.05) is 10.6 Å². The van der Waals surface area contributed by atoms with Crippen molar-refractivity contribution in [3.63, 3.8) is 0 Å². The van der Waals surface area contributed by atoms with Gasteiger partial charge >= 0.3 is 0 Å². The average Bonchev–Trinajstić information content (AvgIpc) is 3.05. The Bertz CT molecular complexity index is 1130. The lowest BCUT2D eigenvalue weighted by Gasteiger charge is -2.10. The quantitative estimate of drug-likeness (QED) is 0.477. The van der Waals surface area contributed by atoms with Crippen LogP contribution in [0.4, 0.5) is 21.0 Å². The normalized spacial score (nSPS) is 10.7. The van der Waals surface area contributed by atoms with Gasteiger partial charge in [0.05, 0.1) is 15.8 Å². The Balaban J connectivity index is 1.58. The smallest absolute Gasteiger partial charge is 0.261 e. The van der Waals surface area contributed by atoms with E-state index in [1.807, 2.05) is 0 Å². The fraction of sp³-hybridized carbons (Fsp3) is 0. The van der Waals surface area contributed by atoms with E-state index >= 15 is 0 Å². The van der Waals surface area contributed by atoms with Crippen molar-refractivity contribution in [3.05, 3.63) is 77.2 Å². The molecule has 27 heavy (non-hydrogen) atoms. The number of halogens is 2. The molecule has 0 aliphatic carbocycles. The van der Waals surface area contributed by atoms with Gasteiger partial charge in [0, 0.05) is 16.9 Å². The summed E-state index contributed by atoms with van der Waals surface area (Å²) < 4.78 is 14.0. The maximum atomic E-state index is 13.3. The van der Waals surface area contributed by atoms with Gasteiger partial charge in [0.25, 0.3) is 5.91 Å². The summed E-state index contributed by atoms with van der Waals surface area (Å²) in [7, 11) is 0. The Labute approximate surface area is 162 Å². The van der Waals surface area contributed by atoms with E-state index in [0.717, 1.165) is 5.69 Å². The molecular weight excluding hydrogens is 387 g/mol. The van der Waals surface area contributed by atoms with Crippen LogP contribution in [0.15, 0.2) is 60.8 Å². The zero-order valence-corrected chi connectivity index (χ0v) is 15.3. The van der Waals surface area contributed by atoms with Gasteiger partial charge < -0.3 is 5.32 Å². The first-order chi connectivity index (χ1) is 13.1. The van der Waals surface area contributed by atoms with Crippen LogP contribution in [0.5, 0.6) is 0 Å². The zero-order chi connectivity index (χ0) is 18.8. The predicted molar refractivity (Wildman–Crippen MR) is 107 cm³/mol. The van der Waals surface area contributed by atoms with Crippen LogP contribution in [0.2, 0.25) is 5.02 Å². The SMILES string of the molecule is O=C(Nc1nc2ccc(F)cc2s1)c1cccnc1Nc1ccc(Cl)cc1. The number of aromatic nitrogens is 2. The van der Waals surface area contributed by atoms with Gasteiger partial charge in [0.1, 0.15) is 11.6 Å². The van der Waals surface area contributed by atoms with E-state index in [2.05, 4.69) is 20.6 Å². The molecule has 4 aromatic rings. The average molecular weight is 399 g/mol. The van der Waals surface area contributed by atoms with Crippen molar-refractivity contribution in [2.24, 2.45) is 0 Å². The summed E-state index contributed by atoms with van der Waals surface area (Å²) in [6.07, 6.45) is 1.59. The maximum absolute atomic E-state index is 13.3. The van der Waals surface area contributed by atoms with Gasteiger partial charge in [0.15, 0.2) is 5.13 Å². The topological polar surface area (TPSA) is 66.9 Å². The molecule has 0 aliphatic heterocycles. The number of pyridine rings is 1. The van der Waals surface area contributed by atoms with Crippen LogP contribution in [0.1, 0.15) is 10.4 Å². The first-order valence-electron chi connectivity index (χ1n) is 7.93. The highest BCUT2D eigenvalue weighted by Gasteiger charge is 2.15. The summed E-state index contributed by atoms with van der Waals surface area (Å²) >= 11 is 7.10. The first-order valence-corrected chi connectivity index (χ1v) is 9.13. The molecule has 0 saturated heterocycles. The second-order valence-corrected chi connectivity index (χ2v) is 7.08. The summed E-state index contributed by atoms with van der Waals surface area (Å²) in [4.78, 5) is 21.3. The highest BCUT2D eigenvalue weighted by Crippen LogP contribution is 2.27. The molecule has 1 amide bonds. The number of benzene rings is 2. The Morgan fingerprint density at radius 1 is 1.11 bits per heavy atom. The number of thiazole rings is 1. The van der Waals surface area contributed by atoms with E-state index in [4.69, 9.17) is 11.6 Å². The molecule has 0 aliphatic rings. The van der Waals surface area contributed by atoms with E-state index in [0.29, 0.717) is 31.8 Å². The standard InChI is InChI=1S/C19H12ClFN4OS/c20-11-3-6-13(7-4-11)23-17-14(2-1-9-22-17)18(26)25-19-24-15-8-5-12(21)10-16(15)27-19/h1-10H,(H,22,23)(H,24,25,26). The largest absolute Gasteiger partial charge is 0.340 e. The van der Waals surface area contributed by atoms with Crippen LogP contribution in [0.25, 0.3) is 10.2 Å². The lowest BCUT2D eigenvalue weighted by molar-refractivity contribution is 0.102. The first kappa shape index (κ1) is 17.4. The third-order valence-electron chi connectivity index (χ3n) is 3.73. The minimum absolute atomic E-state index is 0.342. The van der Waals surface area contributed by atoms with Crippen molar-refractivity contribution in [2.45, 2.75) is 0 Å². The highest BCUT2D eigenvalue weighted by atomic mass is 35.5. The maximum Gasteiger partial charge on any atom is 0.261 e. The Kier molecular flexibility index (Phi) is 4.70. The van der Waals surface area contributed by atoms with Crippen LogP contribution in [-0.2, 0) is 0 Å². The van der Waals surface area contributed by atoms with Gasteiger partial charge in [-0.3, -0.25) is 10.1 Å². The van der Waals surface area contributed by atoms with Gasteiger partial charge in [-0.25, -0.2) is 14.4 Å². The van der Waals surface area contributed by atoms with E-state index in [-0.39, 0.29) is 11.7 Å². The molecule has 0 fully saturated rings. The summed E-state index contributed by atoms with van der Waals surface area (Å²) in [5, 5.41) is 6.86. The van der Waals surface area contributed by atoms with Gasteiger partial charge in [-0.05, 0) is 54.6 Å². The van der Waals surface area contributed by atoms with E-state index in [1.54, 1.807) is 48.7 Å². The number of rotatable bonds is 4. The summed E-state index contributed by atoms with van der Waals surface area (Å²) in [6.45, 7) is 0. The monoisotopic (exact) mass is 398 g/mol. The minimum Gasteiger partial charge on any atom is -0.340 e. The Morgan fingerprint density at radius 2 is 1.93 bits per heavy atom. The third kappa shape index (κ3) is 3.89. The number of nitrogens with zero attached hydrogens (tertiary/aromatic N) is 2. The fourth-order valence-electron chi connectivity index (χ4n) is 2.47. The molecule has 2 aromatic carbocycles. The van der Waals surface area contributed by atoms with Crippen LogP contribution >= 0.6 is 22.9 Å². The van der Waals surface area contributed by atoms with Crippen molar-refractivity contribution in [1.29, 1.82) is 0 Å². The number of hydrogen-bond donors (Lipinski definition) is 2. The second kappa shape index (κ2) is 7.30. The predicted octanol–water partition coefficient (Wildman–Crippen LogP) is 5.48. The Morgan fingerprint density at radius 3 is 2.74 bits per heavy atom. The van der Waals surface area contributed by atoms with Gasteiger partial charge in [-0.15, -0.1) is 0 Å². The molecule has 2 N–H and O–H groups in total. The van der Waals surface area contributed by atoms with E-state index in [9.17, 15) is 9.18 Å². The number of nitrogens with one attached hydrogen (secondary N) is 2. The molecule has 2 aromatic heterocycles. The van der Waals surface area contributed by atoms with Crippen molar-refractivity contribution >= 4 is 55.7 Å². The summed E-state index contributed by atoms with van der Waals surface area (Å²) in [5.74, 6) is -0.297. The van der Waals surface area contributed by atoms with Crippen LogP contribution < -0.4 is 10.6 Å². The zero-order valence-electron chi connectivity index (χ0n) is 13.7. The number of hydrogen-bond acceptors (Lipinski definition) is 5. The molecule has 2 heterocycles. The van der Waals surface area contributed by atoms with Crippen LogP contribution in [0.3, 0.4) is 0 Å². The second-order valence-electron chi connectivity index (χ2n) is 5.62. The molecule has 4 rings (SSSR count). The van der Waals surface area contributed by atoms with Crippen molar-refractivity contribution < 1.29 is 9.18 Å². The van der Waals surface area contributed by atoms with Gasteiger partial charge in [-0.1, -0.05) is 22.9 Å². The summed E-state index contributed by atoms with van der Waals surface area (Å²) in [5.41, 5.74) is 1.74. The molecule has 0 radical (unpaired) electrons. The summed E-state index contributed by atoms with van der Waals surface area (Å²) in [6, 6.07) is 14.7. The van der Waals surface area contributed by atoms with Crippen LogP contribution in [0, 0.1) is 5.82 Å². The lowest BCUT2D eigenvalue weighted by Crippen LogP contribution is -2.14. The van der Waals surface area contributed by atoms with Crippen molar-refractivity contribution in [1.82, 2.24) is 9.97 Å². The molecule has 0 saturated carbocycles. The number of carbonyl (C=O) groups is 1. The molecule has 0 bridgehead atoms. The molecule has 134 valence electrons.